The van der Waals surface area contributed by atoms with Crippen LogP contribution < -0.4 is 19.5 Å². The Labute approximate surface area is 190 Å². The molecule has 174 valence electrons. The maximum atomic E-state index is 13.3. The standard InChI is InChI=1S/C25H34N2O5/c1-6-11-26-25(29)23(7-2)27(16-19-10-8-9-18(3)12-19)24(28)17-32-22-14-20(30-4)13-21(15-22)31-5/h8-10,12-15,23H,6-7,11,16-17H2,1-5H3,(H,26,29)/t23-/m1/s1. The summed E-state index contributed by atoms with van der Waals surface area (Å²) in [6.07, 6.45) is 1.33. The van der Waals surface area contributed by atoms with Gasteiger partial charge in [0.05, 0.1) is 14.2 Å². The first-order valence-corrected chi connectivity index (χ1v) is 10.9. The van der Waals surface area contributed by atoms with E-state index in [1.807, 2.05) is 45.0 Å². The molecule has 2 aromatic rings. The van der Waals surface area contributed by atoms with Crippen LogP contribution in [0.25, 0.3) is 0 Å². The van der Waals surface area contributed by atoms with Crippen LogP contribution in [-0.2, 0) is 16.1 Å². The second-order valence-electron chi connectivity index (χ2n) is 7.56. The van der Waals surface area contributed by atoms with E-state index >= 15 is 0 Å². The van der Waals surface area contributed by atoms with Crippen molar-refractivity contribution in [2.75, 3.05) is 27.4 Å². The van der Waals surface area contributed by atoms with Gasteiger partial charge in [0.1, 0.15) is 23.3 Å². The molecule has 0 aliphatic rings. The number of methoxy groups -OCH3 is 2. The Morgan fingerprint density at radius 2 is 1.66 bits per heavy atom. The molecule has 0 radical (unpaired) electrons. The van der Waals surface area contributed by atoms with E-state index in [2.05, 4.69) is 5.32 Å². The van der Waals surface area contributed by atoms with Crippen LogP contribution in [0.3, 0.4) is 0 Å². The van der Waals surface area contributed by atoms with Gasteiger partial charge in [-0.1, -0.05) is 43.7 Å². The van der Waals surface area contributed by atoms with Crippen LogP contribution in [0, 0.1) is 6.92 Å². The van der Waals surface area contributed by atoms with Gasteiger partial charge in [0.15, 0.2) is 6.61 Å². The lowest BCUT2D eigenvalue weighted by atomic mass is 10.1. The number of aryl methyl sites for hydroxylation is 1. The van der Waals surface area contributed by atoms with Gasteiger partial charge in [-0.3, -0.25) is 9.59 Å². The summed E-state index contributed by atoms with van der Waals surface area (Å²) < 4.78 is 16.3. The van der Waals surface area contributed by atoms with Gasteiger partial charge in [-0.2, -0.15) is 0 Å². The fraction of sp³-hybridized carbons (Fsp3) is 0.440. The molecular weight excluding hydrogens is 408 g/mol. The minimum atomic E-state index is -0.585. The number of amides is 2. The average Bonchev–Trinajstić information content (AvgIpc) is 2.80. The number of hydrogen-bond acceptors (Lipinski definition) is 5. The van der Waals surface area contributed by atoms with Crippen molar-refractivity contribution in [1.29, 1.82) is 0 Å². The Balaban J connectivity index is 2.23. The zero-order valence-corrected chi connectivity index (χ0v) is 19.6. The van der Waals surface area contributed by atoms with E-state index < -0.39 is 6.04 Å². The molecule has 0 aromatic heterocycles. The lowest BCUT2D eigenvalue weighted by molar-refractivity contribution is -0.143. The van der Waals surface area contributed by atoms with Crippen LogP contribution in [-0.4, -0.2) is 50.1 Å². The summed E-state index contributed by atoms with van der Waals surface area (Å²) in [5.74, 6) is 1.15. The molecule has 2 amide bonds. The number of hydrogen-bond donors (Lipinski definition) is 1. The van der Waals surface area contributed by atoms with Crippen molar-refractivity contribution >= 4 is 11.8 Å². The summed E-state index contributed by atoms with van der Waals surface area (Å²) in [5.41, 5.74) is 2.06. The normalized spacial score (nSPS) is 11.4. The van der Waals surface area contributed by atoms with Crippen molar-refractivity contribution < 1.29 is 23.8 Å². The fourth-order valence-electron chi connectivity index (χ4n) is 3.39. The minimum absolute atomic E-state index is 0.154. The van der Waals surface area contributed by atoms with E-state index in [-0.39, 0.29) is 18.4 Å². The molecule has 2 aromatic carbocycles. The highest BCUT2D eigenvalue weighted by Crippen LogP contribution is 2.27. The predicted octanol–water partition coefficient (Wildman–Crippen LogP) is 3.72. The van der Waals surface area contributed by atoms with Crippen LogP contribution in [0.4, 0.5) is 0 Å². The number of nitrogens with one attached hydrogen (secondary N) is 1. The van der Waals surface area contributed by atoms with Crippen LogP contribution in [0.2, 0.25) is 0 Å². The molecule has 0 aliphatic heterocycles. The second-order valence-corrected chi connectivity index (χ2v) is 7.56. The second kappa shape index (κ2) is 12.6. The monoisotopic (exact) mass is 442 g/mol. The first kappa shape index (κ1) is 25.0. The number of carbonyl (C=O) groups excluding carboxylic acids is 2. The number of rotatable bonds is 12. The highest BCUT2D eigenvalue weighted by atomic mass is 16.5. The van der Waals surface area contributed by atoms with Crippen molar-refractivity contribution in [2.45, 2.75) is 46.2 Å². The molecule has 1 atom stereocenters. The number of carbonyl (C=O) groups is 2. The summed E-state index contributed by atoms with van der Waals surface area (Å²) in [5, 5.41) is 2.91. The number of benzene rings is 2. The van der Waals surface area contributed by atoms with Gasteiger partial charge in [0.2, 0.25) is 5.91 Å². The van der Waals surface area contributed by atoms with Crippen molar-refractivity contribution in [2.24, 2.45) is 0 Å². The van der Waals surface area contributed by atoms with Gasteiger partial charge >= 0.3 is 0 Å². The van der Waals surface area contributed by atoms with Crippen molar-refractivity contribution in [3.8, 4) is 17.2 Å². The quantitative estimate of drug-likeness (QED) is 0.542. The Bertz CT molecular complexity index is 877. The molecule has 32 heavy (non-hydrogen) atoms. The van der Waals surface area contributed by atoms with Crippen LogP contribution in [0.15, 0.2) is 42.5 Å². The Kier molecular flexibility index (Phi) is 9.85. The van der Waals surface area contributed by atoms with E-state index in [0.29, 0.717) is 36.8 Å². The van der Waals surface area contributed by atoms with Crippen LogP contribution in [0.5, 0.6) is 17.2 Å². The molecule has 0 saturated carbocycles. The molecular formula is C25H34N2O5. The summed E-state index contributed by atoms with van der Waals surface area (Å²) in [6.45, 7) is 6.58. The zero-order chi connectivity index (χ0) is 23.5. The van der Waals surface area contributed by atoms with Gasteiger partial charge in [-0.15, -0.1) is 0 Å². The number of ether oxygens (including phenoxy) is 3. The van der Waals surface area contributed by atoms with Crippen LogP contribution >= 0.6 is 0 Å². The van der Waals surface area contributed by atoms with E-state index in [1.54, 1.807) is 37.3 Å². The molecule has 2 rings (SSSR count). The molecule has 7 nitrogen and oxygen atoms in total. The average molecular weight is 443 g/mol. The third-order valence-corrected chi connectivity index (χ3v) is 5.06. The molecule has 0 saturated heterocycles. The van der Waals surface area contributed by atoms with Gasteiger partial charge in [0, 0.05) is 31.3 Å². The van der Waals surface area contributed by atoms with Crippen molar-refractivity contribution in [3.63, 3.8) is 0 Å². The highest BCUT2D eigenvalue weighted by Gasteiger charge is 2.28. The Morgan fingerprint density at radius 1 is 1.00 bits per heavy atom. The van der Waals surface area contributed by atoms with E-state index in [9.17, 15) is 9.59 Å². The maximum absolute atomic E-state index is 13.3. The van der Waals surface area contributed by atoms with E-state index in [0.717, 1.165) is 17.5 Å². The minimum Gasteiger partial charge on any atom is -0.496 e. The van der Waals surface area contributed by atoms with E-state index in [4.69, 9.17) is 14.2 Å². The first-order chi connectivity index (χ1) is 15.4. The molecule has 0 heterocycles. The van der Waals surface area contributed by atoms with Gasteiger partial charge in [-0.25, -0.2) is 0 Å². The number of nitrogens with zero attached hydrogens (tertiary/aromatic N) is 1. The van der Waals surface area contributed by atoms with Gasteiger partial charge in [-0.05, 0) is 25.3 Å². The smallest absolute Gasteiger partial charge is 0.261 e. The summed E-state index contributed by atoms with van der Waals surface area (Å²) >= 11 is 0. The molecule has 0 unspecified atom stereocenters. The van der Waals surface area contributed by atoms with Crippen molar-refractivity contribution in [1.82, 2.24) is 10.2 Å². The predicted molar refractivity (Wildman–Crippen MR) is 124 cm³/mol. The molecule has 7 heteroatoms. The van der Waals surface area contributed by atoms with Crippen molar-refractivity contribution in [3.05, 3.63) is 53.6 Å². The van der Waals surface area contributed by atoms with Gasteiger partial charge in [0.25, 0.3) is 5.91 Å². The third kappa shape index (κ3) is 7.18. The Morgan fingerprint density at radius 3 is 2.22 bits per heavy atom. The molecule has 0 fully saturated rings. The first-order valence-electron chi connectivity index (χ1n) is 10.9. The molecule has 0 spiro atoms. The van der Waals surface area contributed by atoms with Crippen LogP contribution in [0.1, 0.15) is 37.8 Å². The topological polar surface area (TPSA) is 77.1 Å². The molecule has 0 bridgehead atoms. The summed E-state index contributed by atoms with van der Waals surface area (Å²) in [6, 6.07) is 12.4. The summed E-state index contributed by atoms with van der Waals surface area (Å²) in [7, 11) is 3.10. The Hall–Kier alpha value is -3.22. The van der Waals surface area contributed by atoms with E-state index in [1.165, 1.54) is 0 Å². The lowest BCUT2D eigenvalue weighted by Crippen LogP contribution is -2.50. The summed E-state index contributed by atoms with van der Waals surface area (Å²) in [4.78, 5) is 27.6. The maximum Gasteiger partial charge on any atom is 0.261 e. The zero-order valence-electron chi connectivity index (χ0n) is 19.6. The third-order valence-electron chi connectivity index (χ3n) is 5.06. The fourth-order valence-corrected chi connectivity index (χ4v) is 3.39. The molecule has 0 aliphatic carbocycles. The lowest BCUT2D eigenvalue weighted by Gasteiger charge is -2.30. The molecule has 1 N–H and O–H groups in total. The highest BCUT2D eigenvalue weighted by molar-refractivity contribution is 5.88. The van der Waals surface area contributed by atoms with Gasteiger partial charge < -0.3 is 24.4 Å². The SMILES string of the molecule is CCCNC(=O)[C@@H](CC)N(Cc1cccc(C)c1)C(=O)COc1cc(OC)cc(OC)c1. The largest absolute Gasteiger partial charge is 0.496 e.